The Kier molecular flexibility index (Phi) is 2.20. The number of rotatable bonds is 0. The van der Waals surface area contributed by atoms with Crippen LogP contribution in [0.5, 0.6) is 0 Å². The van der Waals surface area contributed by atoms with Crippen molar-refractivity contribution in [2.24, 2.45) is 10.8 Å². The topological polar surface area (TPSA) is 0 Å². The summed E-state index contributed by atoms with van der Waals surface area (Å²) < 4.78 is 0. The van der Waals surface area contributed by atoms with E-state index >= 15 is 0 Å². The third-order valence-corrected chi connectivity index (χ3v) is 5.20. The van der Waals surface area contributed by atoms with Crippen molar-refractivity contribution in [1.29, 1.82) is 0 Å². The Labute approximate surface area is 111 Å². The molecule has 0 saturated carbocycles. The highest BCUT2D eigenvalue weighted by atomic mass is 14.5. The Hall–Kier alpha value is -1.04. The molecule has 0 bridgehead atoms. The average Bonchev–Trinajstić information content (AvgIpc) is 2.81. The second-order valence-electron chi connectivity index (χ2n) is 7.37. The van der Waals surface area contributed by atoms with Gasteiger partial charge in [-0.05, 0) is 37.8 Å². The first kappa shape index (κ1) is 12.0. The van der Waals surface area contributed by atoms with E-state index in [4.69, 9.17) is 0 Å². The maximum Gasteiger partial charge on any atom is 0.0146 e. The molecule has 0 N–H and O–H groups in total. The molecule has 0 atom stereocenters. The number of hydrogen-bond donors (Lipinski definition) is 0. The second-order valence-corrected chi connectivity index (χ2v) is 7.37. The molecule has 0 heteroatoms. The van der Waals surface area contributed by atoms with Crippen LogP contribution in [0.3, 0.4) is 0 Å². The van der Waals surface area contributed by atoms with Crippen molar-refractivity contribution >= 4 is 0 Å². The van der Waals surface area contributed by atoms with Gasteiger partial charge < -0.3 is 0 Å². The van der Waals surface area contributed by atoms with E-state index in [1.54, 1.807) is 22.3 Å². The molecule has 0 aromatic rings. The third kappa shape index (κ3) is 1.32. The molecule has 96 valence electrons. The van der Waals surface area contributed by atoms with E-state index in [9.17, 15) is 0 Å². The highest BCUT2D eigenvalue weighted by Gasteiger charge is 2.46. The molecule has 18 heavy (non-hydrogen) atoms. The summed E-state index contributed by atoms with van der Waals surface area (Å²) in [5, 5.41) is 0. The lowest BCUT2D eigenvalue weighted by Crippen LogP contribution is -2.31. The molecule has 0 aromatic heterocycles. The zero-order valence-corrected chi connectivity index (χ0v) is 12.6. The van der Waals surface area contributed by atoms with Crippen LogP contribution in [0.2, 0.25) is 0 Å². The van der Waals surface area contributed by atoms with Crippen LogP contribution in [-0.4, -0.2) is 0 Å². The predicted octanol–water partition coefficient (Wildman–Crippen LogP) is 5.35. The normalized spacial score (nSPS) is 28.1. The van der Waals surface area contributed by atoms with Gasteiger partial charge >= 0.3 is 0 Å². The molecule has 0 nitrogen and oxygen atoms in total. The minimum Gasteiger partial charge on any atom is -0.0689 e. The van der Waals surface area contributed by atoms with Gasteiger partial charge in [0.15, 0.2) is 0 Å². The summed E-state index contributed by atoms with van der Waals surface area (Å²) in [6.07, 6.45) is 7.26. The Morgan fingerprint density at radius 3 is 1.50 bits per heavy atom. The zero-order valence-electron chi connectivity index (χ0n) is 12.6. The fraction of sp³-hybridized carbons (Fsp3) is 0.556. The van der Waals surface area contributed by atoms with Gasteiger partial charge in [0.2, 0.25) is 0 Å². The fourth-order valence-corrected chi connectivity index (χ4v) is 4.08. The first-order valence-corrected chi connectivity index (χ1v) is 7.07. The summed E-state index contributed by atoms with van der Waals surface area (Å²) in [6, 6.07) is 0. The van der Waals surface area contributed by atoms with Gasteiger partial charge in [-0.3, -0.25) is 0 Å². The monoisotopic (exact) mass is 240 g/mol. The minimum atomic E-state index is 0.204. The van der Waals surface area contributed by atoms with E-state index in [1.807, 2.05) is 0 Å². The van der Waals surface area contributed by atoms with Crippen molar-refractivity contribution < 1.29 is 0 Å². The quantitative estimate of drug-likeness (QED) is 0.535. The van der Waals surface area contributed by atoms with Crippen molar-refractivity contribution in [2.75, 3.05) is 0 Å². The lowest BCUT2D eigenvalue weighted by molar-refractivity contribution is 0.436. The molecule has 0 fully saturated rings. The summed E-state index contributed by atoms with van der Waals surface area (Å²) in [7, 11) is 0. The molecule has 0 unspecified atom stereocenters. The standard InChI is InChI=1S/C18H24/c1-11-7-13-14(8-11)18(5,6)16-10-12(2)9-15(16)17(13,3)4/h7,9H,8,10H2,1-6H3. The molecule has 0 aromatic carbocycles. The van der Waals surface area contributed by atoms with E-state index < -0.39 is 0 Å². The fourth-order valence-electron chi connectivity index (χ4n) is 4.08. The predicted molar refractivity (Wildman–Crippen MR) is 78.4 cm³/mol. The summed E-state index contributed by atoms with van der Waals surface area (Å²) in [6.45, 7) is 14.2. The summed E-state index contributed by atoms with van der Waals surface area (Å²) >= 11 is 0. The van der Waals surface area contributed by atoms with Gasteiger partial charge in [-0.1, -0.05) is 62.1 Å². The van der Waals surface area contributed by atoms with Crippen LogP contribution in [0.15, 0.2) is 45.6 Å². The van der Waals surface area contributed by atoms with Crippen molar-refractivity contribution in [3.05, 3.63) is 45.6 Å². The van der Waals surface area contributed by atoms with E-state index in [0.29, 0.717) is 0 Å². The Balaban J connectivity index is 2.22. The molecule has 0 amide bonds. The smallest absolute Gasteiger partial charge is 0.0146 e. The molecule has 3 aliphatic rings. The van der Waals surface area contributed by atoms with Gasteiger partial charge in [0.25, 0.3) is 0 Å². The Bertz CT molecular complexity index is 509. The van der Waals surface area contributed by atoms with Crippen molar-refractivity contribution in [3.63, 3.8) is 0 Å². The number of hydrogen-bond acceptors (Lipinski definition) is 0. The summed E-state index contributed by atoms with van der Waals surface area (Å²) in [5.41, 5.74) is 10.0. The SMILES string of the molecule is CC1=CC2=C(C1)C(C)(C)C1=C(C=C(C)C1)C2(C)C. The summed E-state index contributed by atoms with van der Waals surface area (Å²) in [5.74, 6) is 0. The van der Waals surface area contributed by atoms with E-state index in [-0.39, 0.29) is 10.8 Å². The maximum absolute atomic E-state index is 2.45. The first-order chi connectivity index (χ1) is 8.24. The van der Waals surface area contributed by atoms with Gasteiger partial charge in [-0.15, -0.1) is 0 Å². The van der Waals surface area contributed by atoms with Gasteiger partial charge in [0, 0.05) is 10.8 Å². The highest BCUT2D eigenvalue weighted by Crippen LogP contribution is 2.59. The van der Waals surface area contributed by atoms with Crippen LogP contribution in [0.25, 0.3) is 0 Å². The molecule has 0 spiro atoms. The first-order valence-electron chi connectivity index (χ1n) is 7.07. The molecule has 0 aliphatic heterocycles. The minimum absolute atomic E-state index is 0.204. The molecule has 3 aliphatic carbocycles. The Morgan fingerprint density at radius 2 is 1.11 bits per heavy atom. The molecule has 0 radical (unpaired) electrons. The molecular formula is C18H24. The third-order valence-electron chi connectivity index (χ3n) is 5.20. The van der Waals surface area contributed by atoms with Crippen LogP contribution in [-0.2, 0) is 0 Å². The van der Waals surface area contributed by atoms with E-state index in [1.165, 1.54) is 24.0 Å². The molecule has 0 saturated heterocycles. The average molecular weight is 240 g/mol. The lowest BCUT2D eigenvalue weighted by atomic mass is 9.61. The Morgan fingerprint density at radius 1 is 0.722 bits per heavy atom. The van der Waals surface area contributed by atoms with Gasteiger partial charge in [-0.25, -0.2) is 0 Å². The maximum atomic E-state index is 2.45. The molecular weight excluding hydrogens is 216 g/mol. The van der Waals surface area contributed by atoms with Crippen LogP contribution in [0, 0.1) is 10.8 Å². The largest absolute Gasteiger partial charge is 0.0689 e. The lowest BCUT2D eigenvalue weighted by Gasteiger charge is -2.43. The van der Waals surface area contributed by atoms with Crippen molar-refractivity contribution in [1.82, 2.24) is 0 Å². The van der Waals surface area contributed by atoms with Crippen molar-refractivity contribution in [3.8, 4) is 0 Å². The van der Waals surface area contributed by atoms with Crippen LogP contribution in [0.4, 0.5) is 0 Å². The second kappa shape index (κ2) is 3.29. The molecule has 3 rings (SSSR count). The van der Waals surface area contributed by atoms with E-state index in [0.717, 1.165) is 0 Å². The van der Waals surface area contributed by atoms with Gasteiger partial charge in [-0.2, -0.15) is 0 Å². The van der Waals surface area contributed by atoms with Crippen molar-refractivity contribution in [2.45, 2.75) is 54.4 Å². The van der Waals surface area contributed by atoms with Gasteiger partial charge in [0.05, 0.1) is 0 Å². The van der Waals surface area contributed by atoms with Crippen LogP contribution < -0.4 is 0 Å². The highest BCUT2D eigenvalue weighted by molar-refractivity contribution is 5.61. The summed E-state index contributed by atoms with van der Waals surface area (Å²) in [4.78, 5) is 0. The number of allylic oxidation sites excluding steroid dienone is 8. The van der Waals surface area contributed by atoms with E-state index in [2.05, 4.69) is 53.7 Å². The van der Waals surface area contributed by atoms with Crippen LogP contribution >= 0.6 is 0 Å². The van der Waals surface area contributed by atoms with Gasteiger partial charge in [0.1, 0.15) is 0 Å². The zero-order chi connectivity index (χ0) is 13.3. The van der Waals surface area contributed by atoms with Crippen LogP contribution in [0.1, 0.15) is 54.4 Å². The molecule has 0 heterocycles.